The third-order valence-corrected chi connectivity index (χ3v) is 8.91. The molecule has 6 rings (SSSR count). The van der Waals surface area contributed by atoms with Crippen LogP contribution in [-0.2, 0) is 14.3 Å². The zero-order valence-electron chi connectivity index (χ0n) is 22.8. The van der Waals surface area contributed by atoms with Crippen LogP contribution in [0.4, 0.5) is 5.82 Å². The van der Waals surface area contributed by atoms with Gasteiger partial charge in [0.1, 0.15) is 12.4 Å². The van der Waals surface area contributed by atoms with Crippen LogP contribution in [0.25, 0.3) is 16.9 Å². The summed E-state index contributed by atoms with van der Waals surface area (Å²) in [6.07, 6.45) is 1.93. The lowest BCUT2D eigenvalue weighted by molar-refractivity contribution is -0.123. The Bertz CT molecular complexity index is 1550. The quantitative estimate of drug-likeness (QED) is 0.289. The molecule has 7 nitrogen and oxygen atoms in total. The standard InChI is InChI=1S/C32H31ClN4O3S/c1-21-12-14-25(15-13-21)37-32-29(30(35-37)22-7-3-2-4-8-22)31(23-9-5-10-24(33)17-23)41-20-28(39)36(32)19-27(38)34-18-26-11-6-16-40-26/h2-5,7-10,12-15,17,26,31H,6,11,16,18-20H2,1H3,(H,34,38)/t26-,31-/m1/s1. The second-order valence-electron chi connectivity index (χ2n) is 10.4. The van der Waals surface area contributed by atoms with Gasteiger partial charge in [-0.2, -0.15) is 5.10 Å². The van der Waals surface area contributed by atoms with Crippen LogP contribution < -0.4 is 10.2 Å². The van der Waals surface area contributed by atoms with Crippen LogP contribution in [0.5, 0.6) is 0 Å². The van der Waals surface area contributed by atoms with E-state index in [-0.39, 0.29) is 35.5 Å². The molecule has 2 aliphatic rings. The van der Waals surface area contributed by atoms with Crippen LogP contribution in [0.1, 0.15) is 34.8 Å². The van der Waals surface area contributed by atoms with Gasteiger partial charge in [-0.15, -0.1) is 11.8 Å². The molecule has 9 heteroatoms. The number of nitrogens with zero attached hydrogens (tertiary/aromatic N) is 3. The van der Waals surface area contributed by atoms with E-state index in [1.165, 1.54) is 11.8 Å². The van der Waals surface area contributed by atoms with Gasteiger partial charge in [0, 0.05) is 29.3 Å². The van der Waals surface area contributed by atoms with Crippen molar-refractivity contribution in [3.05, 3.63) is 101 Å². The fourth-order valence-electron chi connectivity index (χ4n) is 5.36. The van der Waals surface area contributed by atoms with E-state index in [1.807, 2.05) is 90.5 Å². The average Bonchev–Trinajstić information content (AvgIpc) is 3.62. The summed E-state index contributed by atoms with van der Waals surface area (Å²) in [5.74, 6) is 0.414. The molecule has 0 saturated carbocycles. The molecular weight excluding hydrogens is 556 g/mol. The first-order valence-electron chi connectivity index (χ1n) is 13.8. The second kappa shape index (κ2) is 12.1. The number of aryl methyl sites for hydroxylation is 1. The molecule has 0 unspecified atom stereocenters. The number of nitrogens with one attached hydrogen (secondary N) is 1. The Balaban J connectivity index is 1.51. The van der Waals surface area contributed by atoms with E-state index in [0.29, 0.717) is 24.0 Å². The Morgan fingerprint density at radius 1 is 1.10 bits per heavy atom. The number of carbonyl (C=O) groups is 2. The van der Waals surface area contributed by atoms with Crippen molar-refractivity contribution in [3.8, 4) is 16.9 Å². The van der Waals surface area contributed by atoms with E-state index < -0.39 is 0 Å². The van der Waals surface area contributed by atoms with Crippen molar-refractivity contribution in [2.45, 2.75) is 31.1 Å². The maximum absolute atomic E-state index is 13.8. The van der Waals surface area contributed by atoms with Crippen molar-refractivity contribution in [2.75, 3.05) is 30.3 Å². The summed E-state index contributed by atoms with van der Waals surface area (Å²) in [4.78, 5) is 28.7. The Kier molecular flexibility index (Phi) is 8.14. The number of hydrogen-bond donors (Lipinski definition) is 1. The van der Waals surface area contributed by atoms with Crippen molar-refractivity contribution in [3.63, 3.8) is 0 Å². The normalized spacial score (nSPS) is 18.7. The Labute approximate surface area is 248 Å². The van der Waals surface area contributed by atoms with Gasteiger partial charge in [-0.3, -0.25) is 14.5 Å². The molecule has 1 aromatic heterocycles. The van der Waals surface area contributed by atoms with Gasteiger partial charge < -0.3 is 10.1 Å². The highest BCUT2D eigenvalue weighted by Gasteiger charge is 2.37. The lowest BCUT2D eigenvalue weighted by atomic mass is 9.99. The topological polar surface area (TPSA) is 76.5 Å². The fourth-order valence-corrected chi connectivity index (χ4v) is 6.75. The number of fused-ring (bicyclic) bond motifs is 1. The number of amides is 2. The fraction of sp³-hybridized carbons (Fsp3) is 0.281. The van der Waals surface area contributed by atoms with Gasteiger partial charge >= 0.3 is 0 Å². The zero-order valence-corrected chi connectivity index (χ0v) is 24.3. The van der Waals surface area contributed by atoms with Crippen molar-refractivity contribution in [1.82, 2.24) is 15.1 Å². The third-order valence-electron chi connectivity index (χ3n) is 7.42. The van der Waals surface area contributed by atoms with Crippen molar-refractivity contribution >= 4 is 41.0 Å². The van der Waals surface area contributed by atoms with E-state index in [2.05, 4.69) is 5.32 Å². The molecule has 2 aliphatic heterocycles. The summed E-state index contributed by atoms with van der Waals surface area (Å²) < 4.78 is 7.49. The number of rotatable bonds is 7. The number of ether oxygens (including phenoxy) is 1. The molecule has 0 aliphatic carbocycles. The van der Waals surface area contributed by atoms with E-state index in [4.69, 9.17) is 21.4 Å². The molecule has 41 heavy (non-hydrogen) atoms. The van der Waals surface area contributed by atoms with Gasteiger partial charge in [-0.05, 0) is 49.6 Å². The summed E-state index contributed by atoms with van der Waals surface area (Å²) >= 11 is 7.97. The first-order chi connectivity index (χ1) is 20.0. The smallest absolute Gasteiger partial charge is 0.240 e. The number of hydrogen-bond acceptors (Lipinski definition) is 5. The highest BCUT2D eigenvalue weighted by molar-refractivity contribution is 8.00. The number of carbonyl (C=O) groups excluding carboxylic acids is 2. The first kappa shape index (κ1) is 27.6. The number of benzene rings is 3. The average molecular weight is 587 g/mol. The molecule has 3 heterocycles. The monoisotopic (exact) mass is 586 g/mol. The number of anilines is 1. The van der Waals surface area contributed by atoms with Gasteiger partial charge in [0.05, 0.1) is 28.5 Å². The Morgan fingerprint density at radius 2 is 1.90 bits per heavy atom. The van der Waals surface area contributed by atoms with Crippen LogP contribution in [0.15, 0.2) is 78.9 Å². The Morgan fingerprint density at radius 3 is 2.63 bits per heavy atom. The third kappa shape index (κ3) is 5.91. The van der Waals surface area contributed by atoms with E-state index in [0.717, 1.165) is 46.5 Å². The maximum Gasteiger partial charge on any atom is 0.240 e. The molecule has 0 spiro atoms. The SMILES string of the molecule is Cc1ccc(-n2nc(-c3ccccc3)c3c2N(CC(=O)NC[C@H]2CCCO2)C(=O)CS[C@@H]3c2cccc(Cl)c2)cc1. The summed E-state index contributed by atoms with van der Waals surface area (Å²) in [6, 6.07) is 25.7. The molecule has 3 aromatic carbocycles. The summed E-state index contributed by atoms with van der Waals surface area (Å²) in [6.45, 7) is 3.06. The zero-order chi connectivity index (χ0) is 28.3. The molecule has 0 bridgehead atoms. The van der Waals surface area contributed by atoms with Crippen LogP contribution in [0.2, 0.25) is 5.02 Å². The molecule has 2 amide bonds. The molecule has 1 N–H and O–H groups in total. The summed E-state index contributed by atoms with van der Waals surface area (Å²) in [7, 11) is 0. The highest BCUT2D eigenvalue weighted by atomic mass is 35.5. The van der Waals surface area contributed by atoms with Crippen LogP contribution in [-0.4, -0.2) is 53.1 Å². The van der Waals surface area contributed by atoms with Crippen LogP contribution in [0.3, 0.4) is 0 Å². The molecular formula is C32H31ClN4O3S. The van der Waals surface area contributed by atoms with E-state index in [9.17, 15) is 9.59 Å². The number of aromatic nitrogens is 2. The summed E-state index contributed by atoms with van der Waals surface area (Å²) in [5.41, 5.74) is 5.47. The second-order valence-corrected chi connectivity index (χ2v) is 11.9. The lowest BCUT2D eigenvalue weighted by Gasteiger charge is -2.23. The molecule has 4 aromatic rings. The first-order valence-corrected chi connectivity index (χ1v) is 15.2. The molecule has 1 saturated heterocycles. The van der Waals surface area contributed by atoms with Gasteiger partial charge in [-0.1, -0.05) is 71.8 Å². The largest absolute Gasteiger partial charge is 0.376 e. The van der Waals surface area contributed by atoms with Crippen LogP contribution in [0, 0.1) is 6.92 Å². The molecule has 210 valence electrons. The lowest BCUT2D eigenvalue weighted by Crippen LogP contribution is -2.44. The van der Waals surface area contributed by atoms with Gasteiger partial charge in [0.15, 0.2) is 0 Å². The summed E-state index contributed by atoms with van der Waals surface area (Å²) in [5, 5.41) is 8.50. The molecule has 2 atom stereocenters. The van der Waals surface area contributed by atoms with Crippen molar-refractivity contribution in [2.24, 2.45) is 0 Å². The number of thioether (sulfide) groups is 1. The molecule has 0 radical (unpaired) electrons. The highest BCUT2D eigenvalue weighted by Crippen LogP contribution is 2.48. The van der Waals surface area contributed by atoms with Gasteiger partial charge in [0.25, 0.3) is 0 Å². The minimum atomic E-state index is -0.234. The van der Waals surface area contributed by atoms with Crippen molar-refractivity contribution < 1.29 is 14.3 Å². The van der Waals surface area contributed by atoms with E-state index in [1.54, 1.807) is 4.90 Å². The Hall–Kier alpha value is -3.59. The van der Waals surface area contributed by atoms with E-state index >= 15 is 0 Å². The molecule has 1 fully saturated rings. The predicted molar refractivity (Wildman–Crippen MR) is 164 cm³/mol. The number of halogens is 1. The van der Waals surface area contributed by atoms with Crippen molar-refractivity contribution in [1.29, 1.82) is 0 Å². The minimum Gasteiger partial charge on any atom is -0.376 e. The minimum absolute atomic E-state index is 0.0138. The van der Waals surface area contributed by atoms with Crippen LogP contribution >= 0.6 is 23.4 Å². The predicted octanol–water partition coefficient (Wildman–Crippen LogP) is 5.97. The van der Waals surface area contributed by atoms with Gasteiger partial charge in [0.2, 0.25) is 11.8 Å². The maximum atomic E-state index is 13.8. The van der Waals surface area contributed by atoms with Gasteiger partial charge in [-0.25, -0.2) is 4.68 Å².